The monoisotopic (exact) mass is 399 g/mol. The van der Waals surface area contributed by atoms with Crippen LogP contribution in [0.25, 0.3) is 21.5 Å². The molecule has 0 fully saturated rings. The smallest absolute Gasteiger partial charge is 0.310 e. The third-order valence-corrected chi connectivity index (χ3v) is 4.62. The molecule has 0 heterocycles. The molecule has 7 nitrogen and oxygen atoms in total. The van der Waals surface area contributed by atoms with E-state index in [1.165, 1.54) is 18.2 Å². The summed E-state index contributed by atoms with van der Waals surface area (Å²) < 4.78 is 5.28. The molecule has 4 aromatic rings. The van der Waals surface area contributed by atoms with E-state index in [1.54, 1.807) is 12.3 Å². The van der Waals surface area contributed by atoms with Crippen molar-refractivity contribution in [1.29, 1.82) is 0 Å². The van der Waals surface area contributed by atoms with Crippen LogP contribution >= 0.6 is 0 Å². The molecule has 0 spiro atoms. The molecule has 0 saturated heterocycles. The lowest BCUT2D eigenvalue weighted by molar-refractivity contribution is -0.385. The highest BCUT2D eigenvalue weighted by Gasteiger charge is 2.14. The quantitative estimate of drug-likeness (QED) is 0.225. The SMILES string of the molecule is O=C(COc1ccccc1[N+](=O)[O-])NN=Cc1c2ccccc2cc2ccccc12. The summed E-state index contributed by atoms with van der Waals surface area (Å²) >= 11 is 0. The highest BCUT2D eigenvalue weighted by atomic mass is 16.6. The van der Waals surface area contributed by atoms with Crippen LogP contribution in [-0.4, -0.2) is 23.7 Å². The highest BCUT2D eigenvalue weighted by molar-refractivity contribution is 6.13. The van der Waals surface area contributed by atoms with Crippen molar-refractivity contribution in [2.45, 2.75) is 0 Å². The van der Waals surface area contributed by atoms with Crippen molar-refractivity contribution in [1.82, 2.24) is 5.43 Å². The van der Waals surface area contributed by atoms with E-state index in [4.69, 9.17) is 4.74 Å². The van der Waals surface area contributed by atoms with Gasteiger partial charge in [0.05, 0.1) is 11.1 Å². The van der Waals surface area contributed by atoms with Crippen molar-refractivity contribution in [2.75, 3.05) is 6.61 Å². The summed E-state index contributed by atoms with van der Waals surface area (Å²) in [5.74, 6) is -0.490. The van der Waals surface area contributed by atoms with Gasteiger partial charge in [-0.25, -0.2) is 5.43 Å². The second-order valence-corrected chi connectivity index (χ2v) is 6.54. The molecule has 0 atom stereocenters. The van der Waals surface area contributed by atoms with Crippen LogP contribution in [0.3, 0.4) is 0 Å². The first-order valence-corrected chi connectivity index (χ1v) is 9.22. The van der Waals surface area contributed by atoms with Crippen LogP contribution in [0.4, 0.5) is 5.69 Å². The zero-order valence-electron chi connectivity index (χ0n) is 15.8. The molecule has 1 N–H and O–H groups in total. The predicted molar refractivity (Wildman–Crippen MR) is 116 cm³/mol. The number of nitro benzene ring substituents is 1. The van der Waals surface area contributed by atoms with Gasteiger partial charge in [0, 0.05) is 11.6 Å². The van der Waals surface area contributed by atoms with Crippen LogP contribution in [-0.2, 0) is 4.79 Å². The molecule has 0 radical (unpaired) electrons. The lowest BCUT2D eigenvalue weighted by atomic mass is 9.97. The van der Waals surface area contributed by atoms with E-state index in [9.17, 15) is 14.9 Å². The molecule has 0 aromatic heterocycles. The summed E-state index contributed by atoms with van der Waals surface area (Å²) in [6.45, 7) is -0.390. The number of nitrogens with one attached hydrogen (secondary N) is 1. The van der Waals surface area contributed by atoms with Crippen LogP contribution in [0.1, 0.15) is 5.56 Å². The summed E-state index contributed by atoms with van der Waals surface area (Å²) in [4.78, 5) is 22.5. The van der Waals surface area contributed by atoms with Gasteiger partial charge in [0.25, 0.3) is 5.91 Å². The van der Waals surface area contributed by atoms with Gasteiger partial charge in [-0.05, 0) is 33.7 Å². The summed E-state index contributed by atoms with van der Waals surface area (Å²) in [6.07, 6.45) is 1.60. The number of hydrogen-bond donors (Lipinski definition) is 1. The van der Waals surface area contributed by atoms with E-state index >= 15 is 0 Å². The van der Waals surface area contributed by atoms with E-state index in [0.29, 0.717) is 0 Å². The van der Waals surface area contributed by atoms with Crippen molar-refractivity contribution < 1.29 is 14.5 Å². The molecule has 30 heavy (non-hydrogen) atoms. The first kappa shape index (κ1) is 19.1. The summed E-state index contributed by atoms with van der Waals surface area (Å²) in [5, 5.41) is 19.3. The number of ether oxygens (including phenoxy) is 1. The fourth-order valence-corrected chi connectivity index (χ4v) is 3.26. The number of carbonyl (C=O) groups is 1. The largest absolute Gasteiger partial charge is 0.477 e. The second-order valence-electron chi connectivity index (χ2n) is 6.54. The van der Waals surface area contributed by atoms with Crippen molar-refractivity contribution >= 4 is 39.4 Å². The molecule has 0 bridgehead atoms. The van der Waals surface area contributed by atoms with Gasteiger partial charge in [0.15, 0.2) is 12.4 Å². The van der Waals surface area contributed by atoms with Crippen LogP contribution in [0.2, 0.25) is 0 Å². The molecular weight excluding hydrogens is 382 g/mol. The lowest BCUT2D eigenvalue weighted by Crippen LogP contribution is -2.24. The Morgan fingerprint density at radius 3 is 2.23 bits per heavy atom. The van der Waals surface area contributed by atoms with Gasteiger partial charge in [-0.15, -0.1) is 0 Å². The number of nitro groups is 1. The second kappa shape index (κ2) is 8.40. The van der Waals surface area contributed by atoms with Gasteiger partial charge in [-0.1, -0.05) is 60.7 Å². The first-order chi connectivity index (χ1) is 14.6. The Kier molecular flexibility index (Phi) is 5.34. The zero-order chi connectivity index (χ0) is 20.9. The molecule has 7 heteroatoms. The van der Waals surface area contributed by atoms with Gasteiger partial charge >= 0.3 is 5.69 Å². The van der Waals surface area contributed by atoms with Gasteiger partial charge in [-0.2, -0.15) is 5.10 Å². The maximum absolute atomic E-state index is 12.1. The number of hydrazone groups is 1. The lowest BCUT2D eigenvalue weighted by Gasteiger charge is -2.08. The zero-order valence-corrected chi connectivity index (χ0v) is 15.8. The van der Waals surface area contributed by atoms with E-state index in [1.807, 2.05) is 48.5 Å². The first-order valence-electron chi connectivity index (χ1n) is 9.22. The number of para-hydroxylation sites is 2. The Balaban J connectivity index is 1.51. The Labute approximate surface area is 171 Å². The molecule has 4 aromatic carbocycles. The summed E-state index contributed by atoms with van der Waals surface area (Å²) in [7, 11) is 0. The van der Waals surface area contributed by atoms with Gasteiger partial charge in [-0.3, -0.25) is 14.9 Å². The van der Waals surface area contributed by atoms with Crippen molar-refractivity contribution in [3.63, 3.8) is 0 Å². The Morgan fingerprint density at radius 1 is 0.967 bits per heavy atom. The molecule has 1 amide bonds. The molecule has 148 valence electrons. The fourth-order valence-electron chi connectivity index (χ4n) is 3.26. The van der Waals surface area contributed by atoms with E-state index in [-0.39, 0.29) is 11.4 Å². The molecule has 0 aliphatic carbocycles. The van der Waals surface area contributed by atoms with E-state index in [2.05, 4.69) is 16.6 Å². The minimum Gasteiger partial charge on any atom is -0.477 e. The number of carbonyl (C=O) groups excluding carboxylic acids is 1. The van der Waals surface area contributed by atoms with E-state index < -0.39 is 17.4 Å². The van der Waals surface area contributed by atoms with Crippen LogP contribution in [0, 0.1) is 10.1 Å². The molecule has 0 aliphatic rings. The fraction of sp³-hybridized carbons (Fsp3) is 0.0435. The maximum Gasteiger partial charge on any atom is 0.310 e. The molecular formula is C23H17N3O4. The topological polar surface area (TPSA) is 93.8 Å². The van der Waals surface area contributed by atoms with Gasteiger partial charge < -0.3 is 4.74 Å². The summed E-state index contributed by atoms with van der Waals surface area (Å²) in [5.41, 5.74) is 3.11. The van der Waals surface area contributed by atoms with Gasteiger partial charge in [0.1, 0.15) is 0 Å². The Hall–Kier alpha value is -4.26. The number of fused-ring (bicyclic) bond motifs is 2. The predicted octanol–water partition coefficient (Wildman–Crippen LogP) is 4.43. The highest BCUT2D eigenvalue weighted by Crippen LogP contribution is 2.27. The van der Waals surface area contributed by atoms with Crippen molar-refractivity contribution in [2.24, 2.45) is 5.10 Å². The number of benzene rings is 4. The van der Waals surface area contributed by atoms with E-state index in [0.717, 1.165) is 27.1 Å². The minimum atomic E-state index is -0.559. The molecule has 4 rings (SSSR count). The third kappa shape index (κ3) is 3.95. The number of hydrogen-bond acceptors (Lipinski definition) is 5. The minimum absolute atomic E-state index is 0.0293. The van der Waals surface area contributed by atoms with Crippen molar-refractivity contribution in [3.8, 4) is 5.75 Å². The van der Waals surface area contributed by atoms with Crippen LogP contribution in [0.15, 0.2) is 84.0 Å². The standard InChI is InChI=1S/C23H17N3O4/c27-23(15-30-22-12-6-5-11-21(22)26(28)29)25-24-14-20-18-9-3-1-7-16(18)13-17-8-2-4-10-19(17)20/h1-14H,15H2,(H,25,27). The van der Waals surface area contributed by atoms with Gasteiger partial charge in [0.2, 0.25) is 0 Å². The molecule has 0 saturated carbocycles. The number of nitrogens with zero attached hydrogens (tertiary/aromatic N) is 2. The van der Waals surface area contributed by atoms with Crippen molar-refractivity contribution in [3.05, 3.63) is 94.5 Å². The average Bonchev–Trinajstić information content (AvgIpc) is 2.77. The Bertz CT molecular complexity index is 1230. The molecule has 0 aliphatic heterocycles. The maximum atomic E-state index is 12.1. The normalized spacial score (nSPS) is 11.1. The third-order valence-electron chi connectivity index (χ3n) is 4.62. The average molecular weight is 399 g/mol. The Morgan fingerprint density at radius 2 is 1.57 bits per heavy atom. The number of amides is 1. The summed E-state index contributed by atoms with van der Waals surface area (Å²) in [6, 6.07) is 23.9. The van der Waals surface area contributed by atoms with Crippen LogP contribution in [0.5, 0.6) is 5.75 Å². The number of rotatable bonds is 6. The molecule has 0 unspecified atom stereocenters. The van der Waals surface area contributed by atoms with Crippen LogP contribution < -0.4 is 10.2 Å².